The summed E-state index contributed by atoms with van der Waals surface area (Å²) >= 11 is 0. The number of primary sulfonamides is 1. The predicted octanol–water partition coefficient (Wildman–Crippen LogP) is 0.921. The molecule has 1 amide bonds. The molecule has 0 aliphatic rings. The van der Waals surface area contributed by atoms with Crippen LogP contribution in [-0.2, 0) is 10.0 Å². The minimum atomic E-state index is -3.97. The zero-order valence-electron chi connectivity index (χ0n) is 10.2. The summed E-state index contributed by atoms with van der Waals surface area (Å²) < 4.78 is 36.2. The van der Waals surface area contributed by atoms with Gasteiger partial charge in [0.2, 0.25) is 10.0 Å². The molecule has 0 aliphatic heterocycles. The SMILES string of the molecule is CCCNC(=O)c1cc(S(N)(=O)=O)cc(C)c1F. The van der Waals surface area contributed by atoms with Crippen molar-refractivity contribution in [3.05, 3.63) is 29.1 Å². The summed E-state index contributed by atoms with van der Waals surface area (Å²) in [6, 6.07) is 2.05. The summed E-state index contributed by atoms with van der Waals surface area (Å²) in [4.78, 5) is 11.4. The van der Waals surface area contributed by atoms with Crippen molar-refractivity contribution in [3.63, 3.8) is 0 Å². The van der Waals surface area contributed by atoms with Crippen LogP contribution in [0.15, 0.2) is 17.0 Å². The fraction of sp³-hybridized carbons (Fsp3) is 0.364. The lowest BCUT2D eigenvalue weighted by Gasteiger charge is -2.09. The van der Waals surface area contributed by atoms with Crippen molar-refractivity contribution in [2.75, 3.05) is 6.54 Å². The molecule has 0 bridgehead atoms. The largest absolute Gasteiger partial charge is 0.352 e. The Morgan fingerprint density at radius 3 is 2.56 bits per heavy atom. The average molecular weight is 274 g/mol. The predicted molar refractivity (Wildman–Crippen MR) is 65.1 cm³/mol. The molecule has 100 valence electrons. The Morgan fingerprint density at radius 2 is 2.06 bits per heavy atom. The first-order valence-electron chi connectivity index (χ1n) is 5.38. The molecule has 3 N–H and O–H groups in total. The Hall–Kier alpha value is -1.47. The molecule has 18 heavy (non-hydrogen) atoms. The lowest BCUT2D eigenvalue weighted by molar-refractivity contribution is 0.0949. The lowest BCUT2D eigenvalue weighted by atomic mass is 10.1. The topological polar surface area (TPSA) is 89.3 Å². The molecule has 0 aliphatic carbocycles. The number of benzene rings is 1. The van der Waals surface area contributed by atoms with Gasteiger partial charge in [0, 0.05) is 6.54 Å². The van der Waals surface area contributed by atoms with Crippen molar-refractivity contribution in [3.8, 4) is 0 Å². The number of aryl methyl sites for hydroxylation is 1. The highest BCUT2D eigenvalue weighted by Crippen LogP contribution is 2.18. The molecule has 0 aromatic heterocycles. The van der Waals surface area contributed by atoms with Crippen molar-refractivity contribution >= 4 is 15.9 Å². The zero-order valence-corrected chi connectivity index (χ0v) is 11.0. The number of carbonyl (C=O) groups is 1. The van der Waals surface area contributed by atoms with E-state index in [1.54, 1.807) is 0 Å². The molecule has 1 aromatic rings. The van der Waals surface area contributed by atoms with E-state index in [1.165, 1.54) is 6.92 Å². The highest BCUT2D eigenvalue weighted by Gasteiger charge is 2.18. The monoisotopic (exact) mass is 274 g/mol. The van der Waals surface area contributed by atoms with Crippen molar-refractivity contribution in [1.82, 2.24) is 5.32 Å². The van der Waals surface area contributed by atoms with Gasteiger partial charge in [0.05, 0.1) is 10.5 Å². The van der Waals surface area contributed by atoms with Gasteiger partial charge in [-0.25, -0.2) is 17.9 Å². The van der Waals surface area contributed by atoms with E-state index in [1.807, 2.05) is 6.92 Å². The van der Waals surface area contributed by atoms with Crippen LogP contribution in [0, 0.1) is 12.7 Å². The second kappa shape index (κ2) is 5.45. The maximum Gasteiger partial charge on any atom is 0.254 e. The van der Waals surface area contributed by atoms with Crippen molar-refractivity contribution in [2.45, 2.75) is 25.2 Å². The fourth-order valence-corrected chi connectivity index (χ4v) is 2.02. The maximum atomic E-state index is 13.8. The molecule has 0 saturated carbocycles. The number of hydrogen-bond donors (Lipinski definition) is 2. The van der Waals surface area contributed by atoms with Gasteiger partial charge in [-0.05, 0) is 31.0 Å². The summed E-state index contributed by atoms with van der Waals surface area (Å²) in [6.07, 6.45) is 0.696. The molecule has 0 fully saturated rings. The van der Waals surface area contributed by atoms with Gasteiger partial charge in [0.25, 0.3) is 5.91 Å². The van der Waals surface area contributed by atoms with E-state index < -0.39 is 21.7 Å². The van der Waals surface area contributed by atoms with Crippen LogP contribution in [0.25, 0.3) is 0 Å². The lowest BCUT2D eigenvalue weighted by Crippen LogP contribution is -2.26. The van der Waals surface area contributed by atoms with Gasteiger partial charge in [-0.1, -0.05) is 6.92 Å². The molecular weight excluding hydrogens is 259 g/mol. The number of halogens is 1. The quantitative estimate of drug-likeness (QED) is 0.855. The van der Waals surface area contributed by atoms with E-state index in [0.717, 1.165) is 12.1 Å². The van der Waals surface area contributed by atoms with E-state index in [9.17, 15) is 17.6 Å². The van der Waals surface area contributed by atoms with Gasteiger partial charge in [-0.2, -0.15) is 0 Å². The van der Waals surface area contributed by atoms with Crippen LogP contribution in [0.3, 0.4) is 0 Å². The number of rotatable bonds is 4. The number of nitrogens with one attached hydrogen (secondary N) is 1. The van der Waals surface area contributed by atoms with Crippen LogP contribution in [-0.4, -0.2) is 20.9 Å². The van der Waals surface area contributed by atoms with Gasteiger partial charge in [0.1, 0.15) is 5.82 Å². The van der Waals surface area contributed by atoms with Crippen LogP contribution in [0.5, 0.6) is 0 Å². The summed E-state index contributed by atoms with van der Waals surface area (Å²) in [5.74, 6) is -1.39. The highest BCUT2D eigenvalue weighted by molar-refractivity contribution is 7.89. The Kier molecular flexibility index (Phi) is 4.42. The minimum absolute atomic E-state index is 0.0585. The van der Waals surface area contributed by atoms with Crippen LogP contribution in [0.4, 0.5) is 4.39 Å². The van der Waals surface area contributed by atoms with Gasteiger partial charge < -0.3 is 5.32 Å². The Bertz CT molecular complexity index is 570. The minimum Gasteiger partial charge on any atom is -0.352 e. The van der Waals surface area contributed by atoms with Crippen LogP contribution in [0.1, 0.15) is 29.3 Å². The van der Waals surface area contributed by atoms with Gasteiger partial charge in [0.15, 0.2) is 0 Å². The summed E-state index contributed by atoms with van der Waals surface area (Å²) in [5, 5.41) is 7.44. The first-order valence-corrected chi connectivity index (χ1v) is 6.93. The van der Waals surface area contributed by atoms with Crippen LogP contribution in [0.2, 0.25) is 0 Å². The van der Waals surface area contributed by atoms with Crippen molar-refractivity contribution < 1.29 is 17.6 Å². The second-order valence-corrected chi connectivity index (χ2v) is 5.46. The first kappa shape index (κ1) is 14.6. The fourth-order valence-electron chi connectivity index (χ4n) is 1.40. The number of nitrogens with two attached hydrogens (primary N) is 1. The Morgan fingerprint density at radius 1 is 1.44 bits per heavy atom. The van der Waals surface area contributed by atoms with Gasteiger partial charge >= 0.3 is 0 Å². The molecule has 0 unspecified atom stereocenters. The maximum absolute atomic E-state index is 13.8. The van der Waals surface area contributed by atoms with Crippen molar-refractivity contribution in [2.24, 2.45) is 5.14 Å². The molecule has 0 heterocycles. The van der Waals surface area contributed by atoms with E-state index in [0.29, 0.717) is 13.0 Å². The molecular formula is C11H15FN2O3S. The molecule has 7 heteroatoms. The second-order valence-electron chi connectivity index (χ2n) is 3.90. The summed E-state index contributed by atoms with van der Waals surface area (Å²) in [6.45, 7) is 3.61. The summed E-state index contributed by atoms with van der Waals surface area (Å²) in [7, 11) is -3.97. The van der Waals surface area contributed by atoms with Crippen LogP contribution >= 0.6 is 0 Å². The van der Waals surface area contributed by atoms with E-state index >= 15 is 0 Å². The summed E-state index contributed by atoms with van der Waals surface area (Å²) in [5.41, 5.74) is -0.254. The molecule has 0 spiro atoms. The van der Waals surface area contributed by atoms with Gasteiger partial charge in [-0.3, -0.25) is 4.79 Å². The van der Waals surface area contributed by atoms with E-state index in [2.05, 4.69) is 5.32 Å². The average Bonchev–Trinajstić information content (AvgIpc) is 2.27. The van der Waals surface area contributed by atoms with Crippen LogP contribution < -0.4 is 10.5 Å². The zero-order chi connectivity index (χ0) is 13.9. The molecule has 5 nitrogen and oxygen atoms in total. The first-order chi connectivity index (χ1) is 8.27. The molecule has 1 rings (SSSR count). The third kappa shape index (κ3) is 3.27. The van der Waals surface area contributed by atoms with E-state index in [-0.39, 0.29) is 16.0 Å². The Labute approximate surface area is 105 Å². The molecule has 0 atom stereocenters. The normalized spacial score (nSPS) is 11.3. The third-order valence-corrected chi connectivity index (χ3v) is 3.23. The smallest absolute Gasteiger partial charge is 0.254 e. The Balaban J connectivity index is 3.27. The number of carbonyl (C=O) groups excluding carboxylic acids is 1. The number of hydrogen-bond acceptors (Lipinski definition) is 3. The molecule has 0 radical (unpaired) electrons. The van der Waals surface area contributed by atoms with Crippen molar-refractivity contribution in [1.29, 1.82) is 0 Å². The molecule has 0 saturated heterocycles. The van der Waals surface area contributed by atoms with E-state index in [4.69, 9.17) is 5.14 Å². The highest BCUT2D eigenvalue weighted by atomic mass is 32.2. The number of sulfonamides is 1. The molecule has 1 aromatic carbocycles. The number of amides is 1. The third-order valence-electron chi connectivity index (χ3n) is 2.34. The van der Waals surface area contributed by atoms with Gasteiger partial charge in [-0.15, -0.1) is 0 Å². The standard InChI is InChI=1S/C11H15FN2O3S/c1-3-4-14-11(15)9-6-8(18(13,16)17)5-7(2)10(9)12/h5-6H,3-4H2,1-2H3,(H,14,15)(H2,13,16,17).